The van der Waals surface area contributed by atoms with Gasteiger partial charge in [-0.05, 0) is 6.07 Å². The van der Waals surface area contributed by atoms with Gasteiger partial charge in [0.1, 0.15) is 0 Å². The van der Waals surface area contributed by atoms with Crippen molar-refractivity contribution < 1.29 is 9.90 Å². The second-order valence-corrected chi connectivity index (χ2v) is 3.50. The van der Waals surface area contributed by atoms with Crippen molar-refractivity contribution in [1.82, 2.24) is 4.98 Å². The molecule has 1 aromatic carbocycles. The molecular formula is C14H11NO2. The van der Waals surface area contributed by atoms with E-state index in [0.29, 0.717) is 11.3 Å². The molecule has 17 heavy (non-hydrogen) atoms. The highest BCUT2D eigenvalue weighted by atomic mass is 16.4. The van der Waals surface area contributed by atoms with Crippen molar-refractivity contribution in [2.24, 2.45) is 0 Å². The van der Waals surface area contributed by atoms with E-state index in [0.717, 1.165) is 5.56 Å². The van der Waals surface area contributed by atoms with Crippen molar-refractivity contribution in [3.8, 4) is 11.3 Å². The average molecular weight is 225 g/mol. The number of benzene rings is 1. The van der Waals surface area contributed by atoms with E-state index in [4.69, 9.17) is 5.11 Å². The van der Waals surface area contributed by atoms with E-state index in [-0.39, 0.29) is 5.56 Å². The van der Waals surface area contributed by atoms with Crippen molar-refractivity contribution in [1.29, 1.82) is 0 Å². The van der Waals surface area contributed by atoms with Gasteiger partial charge in [-0.3, -0.25) is 4.98 Å². The summed E-state index contributed by atoms with van der Waals surface area (Å²) in [7, 11) is 0. The molecule has 0 aliphatic heterocycles. The van der Waals surface area contributed by atoms with E-state index in [9.17, 15) is 4.79 Å². The molecule has 0 bridgehead atoms. The maximum absolute atomic E-state index is 11.1. The molecule has 0 unspecified atom stereocenters. The molecule has 2 aromatic rings. The van der Waals surface area contributed by atoms with E-state index in [1.54, 1.807) is 0 Å². The summed E-state index contributed by atoms with van der Waals surface area (Å²) in [4.78, 5) is 15.3. The third-order valence-electron chi connectivity index (χ3n) is 2.47. The average Bonchev–Trinajstić information content (AvgIpc) is 2.38. The largest absolute Gasteiger partial charge is 0.478 e. The Labute approximate surface area is 99.1 Å². The van der Waals surface area contributed by atoms with E-state index in [2.05, 4.69) is 11.6 Å². The zero-order valence-corrected chi connectivity index (χ0v) is 9.13. The molecule has 3 heteroatoms. The fourth-order valence-electron chi connectivity index (χ4n) is 1.69. The van der Waals surface area contributed by atoms with Crippen molar-refractivity contribution in [2.75, 3.05) is 0 Å². The third kappa shape index (κ3) is 2.08. The highest BCUT2D eigenvalue weighted by Gasteiger charge is 2.13. The Balaban J connectivity index is 2.67. The number of pyridine rings is 1. The first-order chi connectivity index (χ1) is 8.24. The fourth-order valence-corrected chi connectivity index (χ4v) is 1.69. The molecule has 1 heterocycles. The number of aromatic carboxylic acids is 1. The molecule has 0 atom stereocenters. The molecule has 0 saturated carbocycles. The fraction of sp³-hybridized carbons (Fsp3) is 0. The SMILES string of the molecule is C=Cc1c(C(=O)O)ccnc1-c1ccccc1. The molecule has 0 fully saturated rings. The van der Waals surface area contributed by atoms with Crippen LogP contribution in [0.5, 0.6) is 0 Å². The van der Waals surface area contributed by atoms with Crippen LogP contribution in [0.1, 0.15) is 15.9 Å². The first-order valence-corrected chi connectivity index (χ1v) is 5.14. The lowest BCUT2D eigenvalue weighted by atomic mass is 10.0. The predicted molar refractivity (Wildman–Crippen MR) is 66.7 cm³/mol. The normalized spacial score (nSPS) is 9.88. The van der Waals surface area contributed by atoms with Crippen LogP contribution in [0.2, 0.25) is 0 Å². The number of carbonyl (C=O) groups is 1. The summed E-state index contributed by atoms with van der Waals surface area (Å²) in [6.45, 7) is 3.66. The van der Waals surface area contributed by atoms with Crippen LogP contribution in [0.4, 0.5) is 0 Å². The van der Waals surface area contributed by atoms with Gasteiger partial charge in [-0.1, -0.05) is 43.0 Å². The Kier molecular flexibility index (Phi) is 3.01. The number of nitrogens with zero attached hydrogens (tertiary/aromatic N) is 1. The highest BCUT2D eigenvalue weighted by molar-refractivity contribution is 5.94. The summed E-state index contributed by atoms with van der Waals surface area (Å²) in [6, 6.07) is 10.9. The monoisotopic (exact) mass is 225 g/mol. The van der Waals surface area contributed by atoms with Crippen molar-refractivity contribution in [2.45, 2.75) is 0 Å². The van der Waals surface area contributed by atoms with Crippen molar-refractivity contribution in [3.63, 3.8) is 0 Å². The zero-order chi connectivity index (χ0) is 12.3. The quantitative estimate of drug-likeness (QED) is 0.873. The minimum atomic E-state index is -0.973. The Morgan fingerprint density at radius 2 is 1.94 bits per heavy atom. The van der Waals surface area contributed by atoms with Gasteiger partial charge in [-0.25, -0.2) is 4.79 Å². The van der Waals surface area contributed by atoms with Gasteiger partial charge in [-0.15, -0.1) is 0 Å². The minimum absolute atomic E-state index is 0.217. The third-order valence-corrected chi connectivity index (χ3v) is 2.47. The van der Waals surface area contributed by atoms with Gasteiger partial charge in [0, 0.05) is 17.3 Å². The van der Waals surface area contributed by atoms with Gasteiger partial charge in [-0.2, -0.15) is 0 Å². The van der Waals surface area contributed by atoms with Crippen LogP contribution in [-0.4, -0.2) is 16.1 Å². The number of rotatable bonds is 3. The van der Waals surface area contributed by atoms with Crippen LogP contribution < -0.4 is 0 Å². The number of hydrogen-bond donors (Lipinski definition) is 1. The molecule has 0 amide bonds. The number of aromatic nitrogens is 1. The molecule has 84 valence electrons. The molecule has 1 N–H and O–H groups in total. The topological polar surface area (TPSA) is 50.2 Å². The van der Waals surface area contributed by atoms with Gasteiger partial charge in [0.05, 0.1) is 11.3 Å². The molecule has 0 saturated heterocycles. The van der Waals surface area contributed by atoms with Gasteiger partial charge >= 0.3 is 5.97 Å². The van der Waals surface area contributed by atoms with E-state index in [1.807, 2.05) is 30.3 Å². The standard InChI is InChI=1S/C14H11NO2/c1-2-11-12(14(16)17)8-9-15-13(11)10-6-4-3-5-7-10/h2-9H,1H2,(H,16,17). The smallest absolute Gasteiger partial charge is 0.336 e. The van der Waals surface area contributed by atoms with Crippen LogP contribution in [-0.2, 0) is 0 Å². The van der Waals surface area contributed by atoms with Crippen LogP contribution in [0.15, 0.2) is 49.2 Å². The lowest BCUT2D eigenvalue weighted by Crippen LogP contribution is -2.02. The van der Waals surface area contributed by atoms with Crippen molar-refractivity contribution in [3.05, 3.63) is 60.3 Å². The van der Waals surface area contributed by atoms with Gasteiger partial charge in [0.25, 0.3) is 0 Å². The number of carboxylic acid groups (broad SMARTS) is 1. The summed E-state index contributed by atoms with van der Waals surface area (Å²) in [6.07, 6.45) is 3.03. The first-order valence-electron chi connectivity index (χ1n) is 5.14. The molecule has 0 radical (unpaired) electrons. The summed E-state index contributed by atoms with van der Waals surface area (Å²) < 4.78 is 0. The Morgan fingerprint density at radius 1 is 1.24 bits per heavy atom. The Hall–Kier alpha value is -2.42. The molecule has 0 spiro atoms. The second kappa shape index (κ2) is 4.61. The predicted octanol–water partition coefficient (Wildman–Crippen LogP) is 3.09. The van der Waals surface area contributed by atoms with Crippen LogP contribution >= 0.6 is 0 Å². The lowest BCUT2D eigenvalue weighted by Gasteiger charge is -2.07. The Bertz CT molecular complexity index is 562. The van der Waals surface area contributed by atoms with Crippen LogP contribution in [0.25, 0.3) is 17.3 Å². The second-order valence-electron chi connectivity index (χ2n) is 3.50. The maximum atomic E-state index is 11.1. The molecular weight excluding hydrogens is 214 g/mol. The molecule has 3 nitrogen and oxygen atoms in total. The summed E-state index contributed by atoms with van der Waals surface area (Å²) in [5, 5.41) is 9.09. The summed E-state index contributed by atoms with van der Waals surface area (Å²) >= 11 is 0. The molecule has 2 rings (SSSR count). The molecule has 0 aliphatic rings. The minimum Gasteiger partial charge on any atom is -0.478 e. The van der Waals surface area contributed by atoms with E-state index < -0.39 is 5.97 Å². The zero-order valence-electron chi connectivity index (χ0n) is 9.13. The highest BCUT2D eigenvalue weighted by Crippen LogP contribution is 2.24. The van der Waals surface area contributed by atoms with Crippen LogP contribution in [0.3, 0.4) is 0 Å². The van der Waals surface area contributed by atoms with Gasteiger partial charge in [0.2, 0.25) is 0 Å². The first kappa shape index (κ1) is 11.1. The Morgan fingerprint density at radius 3 is 2.53 bits per heavy atom. The maximum Gasteiger partial charge on any atom is 0.336 e. The van der Waals surface area contributed by atoms with Crippen LogP contribution in [0, 0.1) is 0 Å². The molecule has 0 aliphatic carbocycles. The number of carboxylic acids is 1. The summed E-state index contributed by atoms with van der Waals surface area (Å²) in [5.74, 6) is -0.973. The number of hydrogen-bond acceptors (Lipinski definition) is 2. The van der Waals surface area contributed by atoms with E-state index in [1.165, 1.54) is 18.3 Å². The summed E-state index contributed by atoms with van der Waals surface area (Å²) in [5.41, 5.74) is 2.28. The van der Waals surface area contributed by atoms with E-state index >= 15 is 0 Å². The van der Waals surface area contributed by atoms with Crippen molar-refractivity contribution >= 4 is 12.0 Å². The van der Waals surface area contributed by atoms with Gasteiger partial charge < -0.3 is 5.11 Å². The van der Waals surface area contributed by atoms with Gasteiger partial charge in [0.15, 0.2) is 0 Å². The lowest BCUT2D eigenvalue weighted by molar-refractivity contribution is 0.0696. The molecule has 1 aromatic heterocycles.